The molecule has 2 N–H and O–H groups in total. The molecule has 100 valence electrons. The number of carbonyl (C=O) groups is 1. The van der Waals surface area contributed by atoms with Gasteiger partial charge in [0.05, 0.1) is 0 Å². The summed E-state index contributed by atoms with van der Waals surface area (Å²) in [7, 11) is 0. The number of nitrogens with two attached hydrogens (primary N) is 1. The van der Waals surface area contributed by atoms with Crippen LogP contribution in [0.5, 0.6) is 0 Å². The van der Waals surface area contributed by atoms with Crippen LogP contribution in [0.2, 0.25) is 5.02 Å². The first kappa shape index (κ1) is 15.2. The van der Waals surface area contributed by atoms with E-state index >= 15 is 0 Å². The van der Waals surface area contributed by atoms with Gasteiger partial charge in [-0.3, -0.25) is 4.79 Å². The highest BCUT2D eigenvalue weighted by molar-refractivity contribution is 6.30. The molecule has 1 unspecified atom stereocenters. The Morgan fingerprint density at radius 1 is 1.39 bits per heavy atom. The third kappa shape index (κ3) is 5.65. The lowest BCUT2D eigenvalue weighted by molar-refractivity contribution is -0.118. The molecule has 1 rings (SSSR count). The molecule has 0 fully saturated rings. The molecule has 1 aromatic carbocycles. The summed E-state index contributed by atoms with van der Waals surface area (Å²) in [5, 5.41) is 0.690. The number of carbonyl (C=O) groups excluding carboxylic acids is 1. The van der Waals surface area contributed by atoms with Crippen molar-refractivity contribution >= 4 is 17.4 Å². The van der Waals surface area contributed by atoms with Crippen LogP contribution in [0, 0.1) is 5.92 Å². The Hall–Kier alpha value is -0.860. The summed E-state index contributed by atoms with van der Waals surface area (Å²) in [6.07, 6.45) is 4.19. The maximum atomic E-state index is 11.9. The zero-order valence-electron chi connectivity index (χ0n) is 11.0. The van der Waals surface area contributed by atoms with Gasteiger partial charge in [-0.2, -0.15) is 0 Å². The molecular formula is C15H22ClNO. The predicted octanol–water partition coefficient (Wildman–Crippen LogP) is 3.61. The summed E-state index contributed by atoms with van der Waals surface area (Å²) in [6, 6.07) is 7.51. The fourth-order valence-electron chi connectivity index (χ4n) is 2.12. The minimum Gasteiger partial charge on any atom is -0.330 e. The lowest BCUT2D eigenvalue weighted by Crippen LogP contribution is -2.11. The van der Waals surface area contributed by atoms with Crippen molar-refractivity contribution in [3.8, 4) is 0 Å². The van der Waals surface area contributed by atoms with E-state index in [1.807, 2.05) is 24.3 Å². The smallest absolute Gasteiger partial charge is 0.137 e. The van der Waals surface area contributed by atoms with Crippen LogP contribution in [-0.4, -0.2) is 12.3 Å². The van der Waals surface area contributed by atoms with E-state index in [4.69, 9.17) is 17.3 Å². The van der Waals surface area contributed by atoms with Crippen molar-refractivity contribution in [2.75, 3.05) is 6.54 Å². The van der Waals surface area contributed by atoms with Gasteiger partial charge in [0.1, 0.15) is 5.78 Å². The number of halogens is 1. The number of ketones is 1. The minimum atomic E-state index is 0.285. The highest BCUT2D eigenvalue weighted by atomic mass is 35.5. The molecule has 1 atom stereocenters. The fraction of sp³-hybridized carbons (Fsp3) is 0.533. The first-order valence-corrected chi connectivity index (χ1v) is 6.99. The van der Waals surface area contributed by atoms with Gasteiger partial charge in [0, 0.05) is 17.9 Å². The molecule has 0 saturated carbocycles. The van der Waals surface area contributed by atoms with Crippen molar-refractivity contribution in [3.63, 3.8) is 0 Å². The Morgan fingerprint density at radius 3 is 2.78 bits per heavy atom. The molecule has 0 aromatic heterocycles. The first-order chi connectivity index (χ1) is 8.65. The van der Waals surface area contributed by atoms with E-state index in [0.29, 0.717) is 30.3 Å². The van der Waals surface area contributed by atoms with Gasteiger partial charge >= 0.3 is 0 Å². The number of Topliss-reactive ketones (excluding diaryl/α,β-unsaturated/α-hetero) is 1. The minimum absolute atomic E-state index is 0.285. The van der Waals surface area contributed by atoms with Gasteiger partial charge in [-0.05, 0) is 43.0 Å². The lowest BCUT2D eigenvalue weighted by atomic mass is 9.94. The van der Waals surface area contributed by atoms with Gasteiger partial charge in [-0.1, -0.05) is 37.1 Å². The zero-order chi connectivity index (χ0) is 13.4. The molecule has 18 heavy (non-hydrogen) atoms. The average molecular weight is 268 g/mol. The summed E-state index contributed by atoms with van der Waals surface area (Å²) in [5.74, 6) is 0.867. The van der Waals surface area contributed by atoms with Gasteiger partial charge in [-0.15, -0.1) is 0 Å². The molecule has 0 radical (unpaired) electrons. The third-order valence-corrected chi connectivity index (χ3v) is 3.51. The molecule has 0 saturated heterocycles. The molecule has 0 aliphatic heterocycles. The molecule has 0 aliphatic rings. The van der Waals surface area contributed by atoms with Gasteiger partial charge in [0.15, 0.2) is 0 Å². The molecule has 3 heteroatoms. The van der Waals surface area contributed by atoms with E-state index in [1.165, 1.54) is 0 Å². The van der Waals surface area contributed by atoms with Crippen LogP contribution in [0.4, 0.5) is 0 Å². The second-order valence-corrected chi connectivity index (χ2v) is 5.17. The van der Waals surface area contributed by atoms with Crippen LogP contribution >= 0.6 is 11.6 Å². The Kier molecular flexibility index (Phi) is 6.99. The van der Waals surface area contributed by atoms with Crippen molar-refractivity contribution < 1.29 is 4.79 Å². The summed E-state index contributed by atoms with van der Waals surface area (Å²) in [4.78, 5) is 11.9. The van der Waals surface area contributed by atoms with Crippen LogP contribution in [0.25, 0.3) is 0 Å². The maximum Gasteiger partial charge on any atom is 0.137 e. The second kappa shape index (κ2) is 8.28. The Morgan fingerprint density at radius 2 is 2.17 bits per heavy atom. The average Bonchev–Trinajstić information content (AvgIpc) is 2.34. The highest BCUT2D eigenvalue weighted by Gasteiger charge is 2.09. The van der Waals surface area contributed by atoms with Crippen molar-refractivity contribution in [2.45, 2.75) is 39.0 Å². The number of hydrogen-bond donors (Lipinski definition) is 1. The van der Waals surface area contributed by atoms with E-state index in [-0.39, 0.29) is 5.78 Å². The van der Waals surface area contributed by atoms with E-state index in [2.05, 4.69) is 6.92 Å². The number of rotatable bonds is 8. The van der Waals surface area contributed by atoms with Crippen LogP contribution < -0.4 is 5.73 Å². The summed E-state index contributed by atoms with van der Waals surface area (Å²) in [5.41, 5.74) is 6.55. The van der Waals surface area contributed by atoms with Gasteiger partial charge in [0.25, 0.3) is 0 Å². The highest BCUT2D eigenvalue weighted by Crippen LogP contribution is 2.16. The molecule has 0 bridgehead atoms. The summed E-state index contributed by atoms with van der Waals surface area (Å²) < 4.78 is 0. The number of hydrogen-bond acceptors (Lipinski definition) is 2. The van der Waals surface area contributed by atoms with Crippen molar-refractivity contribution in [1.29, 1.82) is 0 Å². The van der Waals surface area contributed by atoms with E-state index in [1.54, 1.807) is 0 Å². The van der Waals surface area contributed by atoms with Crippen LogP contribution in [0.3, 0.4) is 0 Å². The predicted molar refractivity (Wildman–Crippen MR) is 76.8 cm³/mol. The molecule has 0 amide bonds. The van der Waals surface area contributed by atoms with Crippen molar-refractivity contribution in [2.24, 2.45) is 11.7 Å². The monoisotopic (exact) mass is 267 g/mol. The quantitative estimate of drug-likeness (QED) is 0.782. The Balaban J connectivity index is 2.37. The van der Waals surface area contributed by atoms with E-state index in [0.717, 1.165) is 24.8 Å². The normalized spacial score (nSPS) is 12.4. The molecule has 2 nitrogen and oxygen atoms in total. The third-order valence-electron chi connectivity index (χ3n) is 3.27. The molecule has 0 heterocycles. The SMILES string of the molecule is CCC(CCN)CCC(=O)Cc1cccc(Cl)c1. The topological polar surface area (TPSA) is 43.1 Å². The van der Waals surface area contributed by atoms with Crippen LogP contribution in [0.15, 0.2) is 24.3 Å². The summed E-state index contributed by atoms with van der Waals surface area (Å²) in [6.45, 7) is 2.86. The van der Waals surface area contributed by atoms with Crippen molar-refractivity contribution in [1.82, 2.24) is 0 Å². The second-order valence-electron chi connectivity index (χ2n) is 4.74. The summed E-state index contributed by atoms with van der Waals surface area (Å²) >= 11 is 5.89. The molecule has 0 aliphatic carbocycles. The first-order valence-electron chi connectivity index (χ1n) is 6.62. The van der Waals surface area contributed by atoms with Crippen LogP contribution in [0.1, 0.15) is 38.2 Å². The Bertz CT molecular complexity index is 379. The number of benzene rings is 1. The van der Waals surface area contributed by atoms with E-state index in [9.17, 15) is 4.79 Å². The fourth-order valence-corrected chi connectivity index (χ4v) is 2.33. The lowest BCUT2D eigenvalue weighted by Gasteiger charge is -2.12. The molecule has 0 spiro atoms. The van der Waals surface area contributed by atoms with E-state index < -0.39 is 0 Å². The van der Waals surface area contributed by atoms with Gasteiger partial charge < -0.3 is 5.73 Å². The Labute approximate surface area is 115 Å². The maximum absolute atomic E-state index is 11.9. The van der Waals surface area contributed by atoms with Crippen LogP contribution in [-0.2, 0) is 11.2 Å². The van der Waals surface area contributed by atoms with Crippen molar-refractivity contribution in [3.05, 3.63) is 34.9 Å². The standard InChI is InChI=1S/C15H22ClNO/c1-2-12(8-9-17)6-7-15(18)11-13-4-3-5-14(16)10-13/h3-5,10,12H,2,6-9,11,17H2,1H3. The van der Waals surface area contributed by atoms with Gasteiger partial charge in [-0.25, -0.2) is 0 Å². The van der Waals surface area contributed by atoms with Gasteiger partial charge in [0.2, 0.25) is 0 Å². The molecular weight excluding hydrogens is 246 g/mol. The zero-order valence-corrected chi connectivity index (χ0v) is 11.7. The molecule has 1 aromatic rings. The largest absolute Gasteiger partial charge is 0.330 e.